The van der Waals surface area contributed by atoms with Gasteiger partial charge < -0.3 is 29.7 Å². The van der Waals surface area contributed by atoms with E-state index in [0.717, 1.165) is 43.2 Å². The fraction of sp³-hybridized carbons (Fsp3) is 0.568. The molecule has 2 N–H and O–H groups in total. The SMILES string of the molecule is CC(OC(=O)NC(C)(C)C(=O)NC(COCc1ccccc1)C(=O)N1CCC2(CC1)CN(S(C)(=O)=O)c1ccccc12)OC(=O)C1CCCCC1. The Morgan fingerprint density at radius 1 is 0.941 bits per heavy atom. The normalized spacial score (nSPS) is 18.7. The standard InChI is InChI=1S/C37H50N4O9S/c1-26(49-33(43)28-15-9-6-10-16-28)50-35(45)39-36(2,3)34(44)38-30(24-48-23-27-13-7-5-8-14-27)32(42)40-21-19-37(20-22-40)25-41(51(4,46)47)31-18-12-11-17-29(31)37/h5,7-8,11-14,17-18,26,28,30H,6,9-10,15-16,19-25H2,1-4H3,(H,38,44)(H,39,45). The third-order valence-electron chi connectivity index (χ3n) is 10.1. The van der Waals surface area contributed by atoms with Crippen molar-refractivity contribution in [1.29, 1.82) is 0 Å². The molecule has 2 aliphatic heterocycles. The predicted molar refractivity (Wildman–Crippen MR) is 190 cm³/mol. The number of amides is 3. The third kappa shape index (κ3) is 9.39. The van der Waals surface area contributed by atoms with E-state index in [1.807, 2.05) is 54.6 Å². The van der Waals surface area contributed by atoms with Crippen LogP contribution in [0.1, 0.15) is 76.8 Å². The van der Waals surface area contributed by atoms with Gasteiger partial charge in [0.1, 0.15) is 11.6 Å². The molecule has 1 spiro atoms. The number of benzene rings is 2. The number of nitrogens with zero attached hydrogens (tertiary/aromatic N) is 2. The number of piperidine rings is 1. The molecule has 0 radical (unpaired) electrons. The van der Waals surface area contributed by atoms with Crippen LogP contribution in [0.3, 0.4) is 0 Å². The first-order valence-corrected chi connectivity index (χ1v) is 19.5. The van der Waals surface area contributed by atoms with Crippen LogP contribution in [0.4, 0.5) is 10.5 Å². The molecule has 14 heteroatoms. The molecule has 2 unspecified atom stereocenters. The lowest BCUT2D eigenvalue weighted by atomic mass is 9.74. The summed E-state index contributed by atoms with van der Waals surface area (Å²) in [7, 11) is -3.49. The first-order chi connectivity index (χ1) is 24.2. The van der Waals surface area contributed by atoms with E-state index in [4.69, 9.17) is 14.2 Å². The van der Waals surface area contributed by atoms with Crippen LogP contribution in [0, 0.1) is 5.92 Å². The van der Waals surface area contributed by atoms with Crippen molar-refractivity contribution in [2.75, 3.05) is 36.8 Å². The van der Waals surface area contributed by atoms with Crippen LogP contribution in [0.5, 0.6) is 0 Å². The highest BCUT2D eigenvalue weighted by Gasteiger charge is 2.48. The molecule has 0 bridgehead atoms. The third-order valence-corrected chi connectivity index (χ3v) is 11.2. The van der Waals surface area contributed by atoms with Crippen molar-refractivity contribution in [1.82, 2.24) is 15.5 Å². The molecule has 1 saturated carbocycles. The second kappa shape index (κ2) is 16.0. The van der Waals surface area contributed by atoms with Gasteiger partial charge in [-0.2, -0.15) is 0 Å². The molecule has 278 valence electrons. The van der Waals surface area contributed by atoms with Gasteiger partial charge in [0.05, 0.1) is 31.1 Å². The molecular weight excluding hydrogens is 676 g/mol. The Balaban J connectivity index is 1.22. The van der Waals surface area contributed by atoms with Gasteiger partial charge in [-0.3, -0.25) is 18.7 Å². The molecule has 5 rings (SSSR count). The molecule has 2 aromatic rings. The van der Waals surface area contributed by atoms with Gasteiger partial charge in [-0.15, -0.1) is 0 Å². The molecule has 3 amide bonds. The first kappa shape index (κ1) is 38.1. The minimum absolute atomic E-state index is 0.125. The van der Waals surface area contributed by atoms with Crippen molar-refractivity contribution >= 4 is 39.6 Å². The van der Waals surface area contributed by atoms with E-state index in [1.54, 1.807) is 4.90 Å². The second-order valence-corrected chi connectivity index (χ2v) is 16.3. The van der Waals surface area contributed by atoms with E-state index in [9.17, 15) is 27.6 Å². The summed E-state index contributed by atoms with van der Waals surface area (Å²) in [5.74, 6) is -1.61. The molecule has 51 heavy (non-hydrogen) atoms. The van der Waals surface area contributed by atoms with E-state index < -0.39 is 51.3 Å². The second-order valence-electron chi connectivity index (χ2n) is 14.4. The molecule has 2 heterocycles. The largest absolute Gasteiger partial charge is 0.425 e. The summed E-state index contributed by atoms with van der Waals surface area (Å²) >= 11 is 0. The summed E-state index contributed by atoms with van der Waals surface area (Å²) < 4.78 is 43.2. The highest BCUT2D eigenvalue weighted by molar-refractivity contribution is 7.92. The highest BCUT2D eigenvalue weighted by atomic mass is 32.2. The van der Waals surface area contributed by atoms with Gasteiger partial charge in [-0.25, -0.2) is 13.2 Å². The fourth-order valence-corrected chi connectivity index (χ4v) is 8.18. The number of ether oxygens (including phenoxy) is 3. The Kier molecular flexibility index (Phi) is 12.0. The van der Waals surface area contributed by atoms with Crippen LogP contribution in [-0.4, -0.2) is 87.6 Å². The van der Waals surface area contributed by atoms with Gasteiger partial charge in [0.15, 0.2) is 0 Å². The van der Waals surface area contributed by atoms with Crippen LogP contribution in [-0.2, 0) is 50.6 Å². The van der Waals surface area contributed by atoms with E-state index >= 15 is 0 Å². The average molecular weight is 727 g/mol. The first-order valence-electron chi connectivity index (χ1n) is 17.7. The Morgan fingerprint density at radius 2 is 1.59 bits per heavy atom. The molecule has 2 fully saturated rings. The molecule has 2 aromatic carbocycles. The lowest BCUT2D eigenvalue weighted by molar-refractivity contribution is -0.171. The zero-order valence-electron chi connectivity index (χ0n) is 29.9. The predicted octanol–water partition coefficient (Wildman–Crippen LogP) is 4.00. The number of fused-ring (bicyclic) bond motifs is 2. The monoisotopic (exact) mass is 726 g/mol. The zero-order valence-corrected chi connectivity index (χ0v) is 30.7. The maximum absolute atomic E-state index is 14.0. The van der Waals surface area contributed by atoms with Gasteiger partial charge in [0.2, 0.25) is 28.1 Å². The number of para-hydroxylation sites is 1. The Labute approximate surface area is 300 Å². The number of esters is 1. The quantitative estimate of drug-likeness (QED) is 0.244. The van der Waals surface area contributed by atoms with Crippen LogP contribution in [0.25, 0.3) is 0 Å². The van der Waals surface area contributed by atoms with E-state index in [0.29, 0.717) is 38.2 Å². The minimum atomic E-state index is -3.49. The maximum Gasteiger partial charge on any atom is 0.411 e. The lowest BCUT2D eigenvalue weighted by Crippen LogP contribution is -2.61. The highest BCUT2D eigenvalue weighted by Crippen LogP contribution is 2.47. The van der Waals surface area contributed by atoms with Gasteiger partial charge >= 0.3 is 12.1 Å². The number of sulfonamides is 1. The smallest absolute Gasteiger partial charge is 0.411 e. The molecule has 0 aromatic heterocycles. The van der Waals surface area contributed by atoms with Crippen molar-refractivity contribution in [3.8, 4) is 0 Å². The molecule has 2 atom stereocenters. The number of hydrogen-bond donors (Lipinski definition) is 2. The van der Waals surface area contributed by atoms with Crippen molar-refractivity contribution in [3.63, 3.8) is 0 Å². The van der Waals surface area contributed by atoms with E-state index in [-0.39, 0.29) is 25.0 Å². The average Bonchev–Trinajstić information content (AvgIpc) is 3.42. The number of likely N-dealkylation sites (tertiary alicyclic amines) is 1. The lowest BCUT2D eigenvalue weighted by Gasteiger charge is -2.41. The summed E-state index contributed by atoms with van der Waals surface area (Å²) in [6.07, 6.45) is 4.65. The van der Waals surface area contributed by atoms with Gasteiger partial charge in [0.25, 0.3) is 0 Å². The van der Waals surface area contributed by atoms with Crippen molar-refractivity contribution in [2.24, 2.45) is 5.92 Å². The van der Waals surface area contributed by atoms with Crippen LogP contribution >= 0.6 is 0 Å². The number of nitrogens with one attached hydrogen (secondary N) is 2. The van der Waals surface area contributed by atoms with Crippen molar-refractivity contribution < 1.29 is 41.8 Å². The summed E-state index contributed by atoms with van der Waals surface area (Å²) in [5, 5.41) is 5.30. The van der Waals surface area contributed by atoms with Gasteiger partial charge in [-0.1, -0.05) is 67.8 Å². The Morgan fingerprint density at radius 3 is 2.25 bits per heavy atom. The summed E-state index contributed by atoms with van der Waals surface area (Å²) in [6.45, 7) is 5.49. The fourth-order valence-electron chi connectivity index (χ4n) is 7.18. The summed E-state index contributed by atoms with van der Waals surface area (Å²) in [4.78, 5) is 54.6. The van der Waals surface area contributed by atoms with Gasteiger partial charge in [-0.05, 0) is 56.7 Å². The maximum atomic E-state index is 14.0. The molecule has 1 aliphatic carbocycles. The number of anilines is 1. The minimum Gasteiger partial charge on any atom is -0.425 e. The zero-order chi connectivity index (χ0) is 36.8. The van der Waals surface area contributed by atoms with Crippen LogP contribution in [0.15, 0.2) is 54.6 Å². The van der Waals surface area contributed by atoms with E-state index in [1.165, 1.54) is 31.3 Å². The number of hydrogen-bond acceptors (Lipinski definition) is 9. The van der Waals surface area contributed by atoms with Crippen molar-refractivity contribution in [3.05, 3.63) is 65.7 Å². The molecule has 3 aliphatic rings. The Hall–Kier alpha value is -4.17. The number of carbonyl (C=O) groups is 4. The number of carbonyl (C=O) groups excluding carboxylic acids is 4. The van der Waals surface area contributed by atoms with Crippen LogP contribution < -0.4 is 14.9 Å². The summed E-state index contributed by atoms with van der Waals surface area (Å²) in [6, 6.07) is 15.8. The van der Waals surface area contributed by atoms with Crippen LogP contribution in [0.2, 0.25) is 0 Å². The number of alkyl carbamates (subject to hydrolysis) is 1. The Bertz CT molecular complexity index is 1670. The molecular formula is C37H50N4O9S. The summed E-state index contributed by atoms with van der Waals surface area (Å²) in [5.41, 5.74) is 0.568. The van der Waals surface area contributed by atoms with Gasteiger partial charge in [0, 0.05) is 32.0 Å². The molecule has 13 nitrogen and oxygen atoms in total. The topological polar surface area (TPSA) is 161 Å². The van der Waals surface area contributed by atoms with E-state index in [2.05, 4.69) is 10.6 Å². The molecule has 1 saturated heterocycles. The number of rotatable bonds is 12. The van der Waals surface area contributed by atoms with Crippen molar-refractivity contribution in [2.45, 2.75) is 95.6 Å².